The van der Waals surface area contributed by atoms with E-state index >= 15 is 0 Å². The van der Waals surface area contributed by atoms with Crippen LogP contribution in [-0.2, 0) is 22.4 Å². The highest BCUT2D eigenvalue weighted by Crippen LogP contribution is 2.44. The van der Waals surface area contributed by atoms with Gasteiger partial charge in [0.15, 0.2) is 0 Å². The lowest BCUT2D eigenvalue weighted by molar-refractivity contribution is -0.130. The summed E-state index contributed by atoms with van der Waals surface area (Å²) in [4.78, 5) is 26.3. The Morgan fingerprint density at radius 2 is 1.00 bits per heavy atom. The van der Waals surface area contributed by atoms with Crippen LogP contribution in [0.5, 0.6) is 11.5 Å². The van der Waals surface area contributed by atoms with Crippen molar-refractivity contribution in [3.05, 3.63) is 180 Å². The van der Waals surface area contributed by atoms with Gasteiger partial charge in [0.25, 0.3) is 0 Å². The molecule has 0 heterocycles. The summed E-state index contributed by atoms with van der Waals surface area (Å²) >= 11 is 0. The Bertz CT molecular complexity index is 2390. The van der Waals surface area contributed by atoms with Gasteiger partial charge in [0.2, 0.25) is 0 Å². The Balaban J connectivity index is 1.16. The number of carbonyl (C=O) groups is 2. The lowest BCUT2D eigenvalue weighted by atomic mass is 9.83. The van der Waals surface area contributed by atoms with E-state index in [1.165, 1.54) is 33.0 Å². The zero-order valence-electron chi connectivity index (χ0n) is 29.7. The van der Waals surface area contributed by atoms with Gasteiger partial charge in [-0.05, 0) is 125 Å². The number of allylic oxidation sites excluding steroid dienone is 2. The van der Waals surface area contributed by atoms with Gasteiger partial charge < -0.3 is 14.4 Å². The molecule has 258 valence electrons. The largest absolute Gasteiger partial charge is 0.423 e. The third kappa shape index (κ3) is 6.49. The van der Waals surface area contributed by atoms with Gasteiger partial charge in [0.05, 0.1) is 5.70 Å². The number of ether oxygens (including phenoxy) is 2. The standard InChI is InChI=1S/C48H37NO4/c1-30(2)47(50)52-41-24-14-34(15-25-41)32-10-20-39(21-11-32)49(40-22-12-33(13-23-40)35-16-26-42(27-17-35)53-48(51)31(3)4)44-29-19-38-9-8-36-6-5-7-37-18-28-43(44)46(38)45(36)37/h5-6,8-18,20-29H,1,3,7,19H2,2,4H3. The molecule has 2 aliphatic carbocycles. The van der Waals surface area contributed by atoms with Crippen molar-refractivity contribution in [1.29, 1.82) is 0 Å². The second-order valence-corrected chi connectivity index (χ2v) is 13.6. The molecule has 0 aromatic heterocycles. The van der Waals surface area contributed by atoms with Gasteiger partial charge in [-0.25, -0.2) is 9.59 Å². The van der Waals surface area contributed by atoms with E-state index in [9.17, 15) is 9.59 Å². The van der Waals surface area contributed by atoms with E-state index < -0.39 is 11.9 Å². The topological polar surface area (TPSA) is 55.8 Å². The average molecular weight is 692 g/mol. The number of benzene rings is 6. The smallest absolute Gasteiger partial charge is 0.338 e. The Morgan fingerprint density at radius 3 is 1.49 bits per heavy atom. The number of anilines is 2. The van der Waals surface area contributed by atoms with Crippen LogP contribution in [-0.4, -0.2) is 11.9 Å². The number of rotatable bonds is 9. The molecule has 0 unspecified atom stereocenters. The van der Waals surface area contributed by atoms with Crippen molar-refractivity contribution in [2.45, 2.75) is 26.7 Å². The fraction of sp³-hybridized carbons (Fsp3) is 0.0833. The maximum Gasteiger partial charge on any atom is 0.338 e. The van der Waals surface area contributed by atoms with Crippen LogP contribution >= 0.6 is 0 Å². The normalized spacial score (nSPS) is 12.5. The third-order valence-electron chi connectivity index (χ3n) is 9.78. The first-order valence-electron chi connectivity index (χ1n) is 17.6. The van der Waals surface area contributed by atoms with Crippen molar-refractivity contribution in [2.24, 2.45) is 0 Å². The van der Waals surface area contributed by atoms with Crippen LogP contribution in [0.25, 0.3) is 44.8 Å². The number of nitrogens with zero attached hydrogens (tertiary/aromatic N) is 1. The monoisotopic (exact) mass is 691 g/mol. The van der Waals surface area contributed by atoms with E-state index in [0.29, 0.717) is 22.6 Å². The molecule has 0 fully saturated rings. The molecular formula is C48H37NO4. The van der Waals surface area contributed by atoms with Crippen LogP contribution in [0.1, 0.15) is 36.1 Å². The van der Waals surface area contributed by atoms with Crippen LogP contribution in [0.4, 0.5) is 11.4 Å². The summed E-state index contributed by atoms with van der Waals surface area (Å²) in [5.74, 6) is 0.0860. The predicted octanol–water partition coefficient (Wildman–Crippen LogP) is 11.4. The molecule has 53 heavy (non-hydrogen) atoms. The first kappa shape index (κ1) is 33.4. The highest BCUT2D eigenvalue weighted by Gasteiger charge is 2.25. The minimum atomic E-state index is -0.439. The summed E-state index contributed by atoms with van der Waals surface area (Å²) in [7, 11) is 0. The summed E-state index contributed by atoms with van der Waals surface area (Å²) in [6.45, 7) is 10.6. The molecule has 0 saturated heterocycles. The first-order valence-corrected chi connectivity index (χ1v) is 17.6. The Hall–Kier alpha value is -6.72. The van der Waals surface area contributed by atoms with Crippen LogP contribution in [0.15, 0.2) is 158 Å². The molecule has 0 bridgehead atoms. The number of hydrogen-bond acceptors (Lipinski definition) is 5. The second-order valence-electron chi connectivity index (χ2n) is 13.6. The predicted molar refractivity (Wildman–Crippen MR) is 215 cm³/mol. The van der Waals surface area contributed by atoms with Crippen molar-refractivity contribution in [2.75, 3.05) is 4.90 Å². The van der Waals surface area contributed by atoms with Gasteiger partial charge in [-0.1, -0.05) is 104 Å². The summed E-state index contributed by atoms with van der Waals surface area (Å²) in [6.07, 6.45) is 8.61. The summed E-state index contributed by atoms with van der Waals surface area (Å²) in [5, 5.41) is 2.69. The molecule has 0 aliphatic heterocycles. The fourth-order valence-corrected chi connectivity index (χ4v) is 7.05. The van der Waals surface area contributed by atoms with Crippen LogP contribution in [0.3, 0.4) is 0 Å². The number of esters is 2. The zero-order chi connectivity index (χ0) is 36.6. The molecule has 0 radical (unpaired) electrons. The zero-order valence-corrected chi connectivity index (χ0v) is 29.7. The van der Waals surface area contributed by atoms with Crippen LogP contribution in [0, 0.1) is 0 Å². The van der Waals surface area contributed by atoms with Crippen molar-refractivity contribution in [1.82, 2.24) is 0 Å². The highest BCUT2D eigenvalue weighted by molar-refractivity contribution is 6.07. The third-order valence-corrected chi connectivity index (χ3v) is 9.78. The first-order chi connectivity index (χ1) is 25.7. The molecule has 0 atom stereocenters. The number of carbonyl (C=O) groups excluding carboxylic acids is 2. The minimum absolute atomic E-state index is 0.357. The molecule has 6 aromatic rings. The van der Waals surface area contributed by atoms with Crippen molar-refractivity contribution in [3.8, 4) is 33.8 Å². The Kier molecular flexibility index (Phi) is 8.69. The highest BCUT2D eigenvalue weighted by atomic mass is 16.5. The van der Waals surface area contributed by atoms with Gasteiger partial charge in [0.1, 0.15) is 11.5 Å². The molecule has 0 spiro atoms. The van der Waals surface area contributed by atoms with Crippen molar-refractivity contribution in [3.63, 3.8) is 0 Å². The minimum Gasteiger partial charge on any atom is -0.423 e. The van der Waals surface area contributed by atoms with Crippen LogP contribution < -0.4 is 14.4 Å². The summed E-state index contributed by atoms with van der Waals surface area (Å²) < 4.78 is 10.8. The summed E-state index contributed by atoms with van der Waals surface area (Å²) in [6, 6.07) is 41.3. The molecular weight excluding hydrogens is 655 g/mol. The van der Waals surface area contributed by atoms with E-state index in [1.807, 2.05) is 24.3 Å². The van der Waals surface area contributed by atoms with Gasteiger partial charge in [-0.15, -0.1) is 0 Å². The van der Waals surface area contributed by atoms with E-state index in [0.717, 1.165) is 52.2 Å². The lowest BCUT2D eigenvalue weighted by Gasteiger charge is -2.32. The number of hydrogen-bond donors (Lipinski definition) is 0. The molecule has 5 nitrogen and oxygen atoms in total. The van der Waals surface area contributed by atoms with Crippen LogP contribution in [0.2, 0.25) is 0 Å². The van der Waals surface area contributed by atoms with Gasteiger partial charge in [0, 0.05) is 28.1 Å². The lowest BCUT2D eigenvalue weighted by Crippen LogP contribution is -2.18. The van der Waals surface area contributed by atoms with Gasteiger partial charge >= 0.3 is 11.9 Å². The molecule has 0 N–H and O–H groups in total. The molecule has 2 aliphatic rings. The molecule has 6 aromatic carbocycles. The van der Waals surface area contributed by atoms with E-state index in [-0.39, 0.29) is 0 Å². The Morgan fingerprint density at radius 1 is 0.547 bits per heavy atom. The van der Waals surface area contributed by atoms with E-state index in [4.69, 9.17) is 9.47 Å². The van der Waals surface area contributed by atoms with E-state index in [2.05, 4.69) is 109 Å². The maximum absolute atomic E-state index is 12.0. The fourth-order valence-electron chi connectivity index (χ4n) is 7.05. The summed E-state index contributed by atoms with van der Waals surface area (Å²) in [5.41, 5.74) is 13.3. The van der Waals surface area contributed by atoms with E-state index in [1.54, 1.807) is 38.1 Å². The maximum atomic E-state index is 12.0. The molecule has 8 rings (SSSR count). The average Bonchev–Trinajstić information content (AvgIpc) is 3.18. The van der Waals surface area contributed by atoms with Gasteiger partial charge in [-0.3, -0.25) is 0 Å². The quantitative estimate of drug-likeness (QED) is 0.0858. The molecule has 5 heteroatoms. The molecule has 0 amide bonds. The second kappa shape index (κ2) is 13.8. The SMILES string of the molecule is C=C(C)C(=O)Oc1ccc(-c2ccc(N(C3=CCc4ccc5c6c(ccc3c46)CC=C5)c3ccc(-c4ccc(OC(=O)C(=C)C)cc4)cc3)cc2)cc1. The molecule has 0 saturated carbocycles. The van der Waals surface area contributed by atoms with Crippen molar-refractivity contribution >= 4 is 45.9 Å². The van der Waals surface area contributed by atoms with Gasteiger partial charge in [-0.2, -0.15) is 0 Å². The van der Waals surface area contributed by atoms with Crippen molar-refractivity contribution < 1.29 is 19.1 Å². The Labute approximate surface area is 309 Å².